The van der Waals surface area contributed by atoms with Gasteiger partial charge >= 0.3 is 0 Å². The monoisotopic (exact) mass is 353 g/mol. The van der Waals surface area contributed by atoms with Crippen molar-refractivity contribution >= 4 is 0 Å². The van der Waals surface area contributed by atoms with Crippen LogP contribution in [-0.2, 0) is 6.54 Å². The van der Waals surface area contributed by atoms with E-state index in [9.17, 15) is 0 Å². The maximum Gasteiger partial charge on any atom is 0.104 e. The Morgan fingerprint density at radius 1 is 0.708 bits per heavy atom. The molecule has 0 aliphatic carbocycles. The molecule has 0 N–H and O–H groups in total. The number of benzene rings is 1. The predicted octanol–water partition coefficient (Wildman–Crippen LogP) is 3.58. The van der Waals surface area contributed by atoms with Crippen LogP contribution < -0.4 is 12.4 Å². The van der Waals surface area contributed by atoms with Crippen LogP contribution in [0.2, 0.25) is 0 Å². The van der Waals surface area contributed by atoms with Gasteiger partial charge in [0.15, 0.2) is 0 Å². The van der Waals surface area contributed by atoms with Crippen LogP contribution in [0.15, 0.2) is 30.3 Å². The zero-order valence-electron chi connectivity index (χ0n) is 16.4. The van der Waals surface area contributed by atoms with E-state index in [4.69, 9.17) is 0 Å². The van der Waals surface area contributed by atoms with Gasteiger partial charge in [0.05, 0.1) is 20.1 Å². The van der Waals surface area contributed by atoms with Gasteiger partial charge in [0.2, 0.25) is 0 Å². The summed E-state index contributed by atoms with van der Waals surface area (Å²) in [6.45, 7) is 8.35. The molecule has 0 heterocycles. The van der Waals surface area contributed by atoms with E-state index in [-0.39, 0.29) is 12.4 Å². The van der Waals surface area contributed by atoms with E-state index in [0.717, 1.165) is 0 Å². The molecule has 140 valence electrons. The zero-order chi connectivity index (χ0) is 16.8. The van der Waals surface area contributed by atoms with E-state index >= 15 is 0 Å². The Hall–Kier alpha value is -0.530. The quantitative estimate of drug-likeness (QED) is 0.354. The van der Waals surface area contributed by atoms with Crippen molar-refractivity contribution in [2.45, 2.75) is 84.6 Å². The molecule has 1 nitrogen and oxygen atoms in total. The summed E-state index contributed by atoms with van der Waals surface area (Å²) in [4.78, 5) is 0. The molecule has 0 aromatic heterocycles. The Kier molecular flexibility index (Phi) is 14.5. The average Bonchev–Trinajstić information content (AvgIpc) is 2.57. The van der Waals surface area contributed by atoms with Crippen molar-refractivity contribution in [2.75, 3.05) is 20.1 Å². The second kappa shape index (κ2) is 14.8. The third-order valence-electron chi connectivity index (χ3n) is 5.22. The Morgan fingerprint density at radius 3 is 1.71 bits per heavy atom. The second-order valence-electron chi connectivity index (χ2n) is 7.49. The van der Waals surface area contributed by atoms with Crippen molar-refractivity contribution < 1.29 is 16.9 Å². The SMILES string of the molecule is CCCCCCCCCCCC[N+](C)(CC)Cc1ccccc1.[Cl-]. The summed E-state index contributed by atoms with van der Waals surface area (Å²) >= 11 is 0. The molecule has 1 atom stereocenters. The molecule has 0 saturated carbocycles. The molecule has 0 aliphatic heterocycles. The molecule has 1 aromatic carbocycles. The zero-order valence-corrected chi connectivity index (χ0v) is 17.2. The molecule has 0 radical (unpaired) electrons. The first-order valence-corrected chi connectivity index (χ1v) is 10.1. The highest BCUT2D eigenvalue weighted by Gasteiger charge is 2.18. The van der Waals surface area contributed by atoms with Crippen LogP contribution in [0.25, 0.3) is 0 Å². The van der Waals surface area contributed by atoms with Crippen LogP contribution in [-0.4, -0.2) is 24.6 Å². The first kappa shape index (κ1) is 23.5. The number of quaternary nitrogens is 1. The molecule has 0 aliphatic rings. The van der Waals surface area contributed by atoms with Crippen molar-refractivity contribution in [3.05, 3.63) is 35.9 Å². The summed E-state index contributed by atoms with van der Waals surface area (Å²) in [5, 5.41) is 0. The van der Waals surface area contributed by atoms with E-state index in [0.29, 0.717) is 0 Å². The summed E-state index contributed by atoms with van der Waals surface area (Å²) in [7, 11) is 2.42. The van der Waals surface area contributed by atoms with E-state index in [2.05, 4.69) is 51.2 Å². The number of nitrogens with zero attached hydrogens (tertiary/aromatic N) is 1. The third-order valence-corrected chi connectivity index (χ3v) is 5.22. The average molecular weight is 354 g/mol. The van der Waals surface area contributed by atoms with Crippen LogP contribution >= 0.6 is 0 Å². The molecular formula is C22H40ClN. The Morgan fingerprint density at radius 2 is 1.21 bits per heavy atom. The molecule has 1 unspecified atom stereocenters. The standard InChI is InChI=1S/C22H40N.ClH/c1-4-6-7-8-9-10-11-12-13-17-20-23(3,5-2)21-22-18-15-14-16-19-22;/h14-16,18-19H,4-13,17,20-21H2,1-3H3;1H/q+1;/p-1. The van der Waals surface area contributed by atoms with Gasteiger partial charge in [0.25, 0.3) is 0 Å². The van der Waals surface area contributed by atoms with Gasteiger partial charge in [-0.15, -0.1) is 0 Å². The van der Waals surface area contributed by atoms with Crippen LogP contribution in [0.5, 0.6) is 0 Å². The lowest BCUT2D eigenvalue weighted by Crippen LogP contribution is -3.00. The van der Waals surface area contributed by atoms with E-state index in [1.807, 2.05) is 0 Å². The fourth-order valence-corrected chi connectivity index (χ4v) is 3.35. The summed E-state index contributed by atoms with van der Waals surface area (Å²) in [5.74, 6) is 0. The minimum atomic E-state index is 0. The summed E-state index contributed by atoms with van der Waals surface area (Å²) in [6, 6.07) is 11.0. The molecule has 1 aromatic rings. The van der Waals surface area contributed by atoms with Gasteiger partial charge in [0.1, 0.15) is 6.54 Å². The molecule has 0 saturated heterocycles. The van der Waals surface area contributed by atoms with Gasteiger partial charge in [-0.25, -0.2) is 0 Å². The molecule has 24 heavy (non-hydrogen) atoms. The van der Waals surface area contributed by atoms with Gasteiger partial charge in [0, 0.05) is 5.56 Å². The van der Waals surface area contributed by atoms with Crippen molar-refractivity contribution in [1.29, 1.82) is 0 Å². The molecule has 0 amide bonds. The van der Waals surface area contributed by atoms with Gasteiger partial charge < -0.3 is 16.9 Å². The number of hydrogen-bond donors (Lipinski definition) is 0. The predicted molar refractivity (Wildman–Crippen MR) is 104 cm³/mol. The first-order chi connectivity index (χ1) is 11.2. The summed E-state index contributed by atoms with van der Waals surface area (Å²) < 4.78 is 1.18. The van der Waals surface area contributed by atoms with Gasteiger partial charge in [-0.3, -0.25) is 0 Å². The Balaban J connectivity index is 0.00000529. The van der Waals surface area contributed by atoms with Gasteiger partial charge in [-0.1, -0.05) is 88.6 Å². The topological polar surface area (TPSA) is 0 Å². The minimum Gasteiger partial charge on any atom is -1.00 e. The fraction of sp³-hybridized carbons (Fsp3) is 0.727. The first-order valence-electron chi connectivity index (χ1n) is 10.1. The number of halogens is 1. The molecular weight excluding hydrogens is 314 g/mol. The van der Waals surface area contributed by atoms with Crippen molar-refractivity contribution in [3.8, 4) is 0 Å². The van der Waals surface area contributed by atoms with E-state index in [1.54, 1.807) is 0 Å². The Bertz CT molecular complexity index is 379. The van der Waals surface area contributed by atoms with Crippen molar-refractivity contribution in [2.24, 2.45) is 0 Å². The highest BCUT2D eigenvalue weighted by Crippen LogP contribution is 2.15. The molecule has 1 rings (SSSR count). The van der Waals surface area contributed by atoms with Gasteiger partial charge in [-0.2, -0.15) is 0 Å². The van der Waals surface area contributed by atoms with Crippen LogP contribution in [0.4, 0.5) is 0 Å². The maximum atomic E-state index is 2.42. The second-order valence-corrected chi connectivity index (χ2v) is 7.49. The summed E-state index contributed by atoms with van der Waals surface area (Å²) in [5.41, 5.74) is 1.48. The number of unbranched alkanes of at least 4 members (excludes halogenated alkanes) is 9. The maximum absolute atomic E-state index is 2.42. The normalized spacial score (nSPS) is 13.3. The number of rotatable bonds is 14. The summed E-state index contributed by atoms with van der Waals surface area (Å²) in [6.07, 6.45) is 14.3. The lowest BCUT2D eigenvalue weighted by Gasteiger charge is -2.33. The van der Waals surface area contributed by atoms with Crippen molar-refractivity contribution in [3.63, 3.8) is 0 Å². The lowest BCUT2D eigenvalue weighted by molar-refractivity contribution is -0.921. The van der Waals surface area contributed by atoms with Crippen LogP contribution in [0, 0.1) is 0 Å². The number of hydrogen-bond acceptors (Lipinski definition) is 0. The van der Waals surface area contributed by atoms with Crippen LogP contribution in [0.1, 0.15) is 83.6 Å². The van der Waals surface area contributed by atoms with Crippen LogP contribution in [0.3, 0.4) is 0 Å². The van der Waals surface area contributed by atoms with E-state index < -0.39 is 0 Å². The minimum absolute atomic E-state index is 0. The Labute approximate surface area is 157 Å². The molecule has 0 fully saturated rings. The smallest absolute Gasteiger partial charge is 0.104 e. The van der Waals surface area contributed by atoms with Gasteiger partial charge in [-0.05, 0) is 19.8 Å². The van der Waals surface area contributed by atoms with E-state index in [1.165, 1.54) is 93.9 Å². The molecule has 0 bridgehead atoms. The molecule has 0 spiro atoms. The third kappa shape index (κ3) is 11.1. The highest BCUT2D eigenvalue weighted by molar-refractivity contribution is 5.13. The van der Waals surface area contributed by atoms with Crippen molar-refractivity contribution in [1.82, 2.24) is 0 Å². The lowest BCUT2D eigenvalue weighted by atomic mass is 10.1. The highest BCUT2D eigenvalue weighted by atomic mass is 35.5. The fourth-order valence-electron chi connectivity index (χ4n) is 3.35. The largest absolute Gasteiger partial charge is 1.00 e. The molecule has 2 heteroatoms.